The van der Waals surface area contributed by atoms with Gasteiger partial charge in [0.05, 0.1) is 11.3 Å². The van der Waals surface area contributed by atoms with Gasteiger partial charge in [0.25, 0.3) is 0 Å². The van der Waals surface area contributed by atoms with Gasteiger partial charge in [-0.3, -0.25) is 0 Å². The van der Waals surface area contributed by atoms with Crippen LogP contribution in [0.3, 0.4) is 0 Å². The summed E-state index contributed by atoms with van der Waals surface area (Å²) in [6.07, 6.45) is 2.17. The van der Waals surface area contributed by atoms with Crippen molar-refractivity contribution < 1.29 is 19.1 Å². The third-order valence-electron chi connectivity index (χ3n) is 3.15. The Hall–Kier alpha value is -2.11. The average molecular weight is 266 g/mol. The predicted molar refractivity (Wildman–Crippen MR) is 67.7 cm³/mol. The van der Waals surface area contributed by atoms with Gasteiger partial charge in [-0.15, -0.1) is 0 Å². The lowest BCUT2D eigenvalue weighted by atomic mass is 10.1. The van der Waals surface area contributed by atoms with Crippen LogP contribution in [0.1, 0.15) is 30.1 Å². The minimum absolute atomic E-state index is 0.0295. The lowest BCUT2D eigenvalue weighted by Crippen LogP contribution is -2.37. The molecule has 2 amide bonds. The molecule has 1 aliphatic rings. The largest absolute Gasteiger partial charge is 0.478 e. The highest BCUT2D eigenvalue weighted by Gasteiger charge is 2.29. The summed E-state index contributed by atoms with van der Waals surface area (Å²) >= 11 is 0. The first kappa shape index (κ1) is 13.3. The number of carbonyl (C=O) groups is 2. The molecule has 0 aliphatic heterocycles. The van der Waals surface area contributed by atoms with Crippen molar-refractivity contribution in [3.8, 4) is 0 Å². The summed E-state index contributed by atoms with van der Waals surface area (Å²) in [6.45, 7) is 1.89. The molecule has 0 spiro atoms. The van der Waals surface area contributed by atoms with Gasteiger partial charge in [0.15, 0.2) is 0 Å². The van der Waals surface area contributed by atoms with Gasteiger partial charge in [-0.25, -0.2) is 14.0 Å². The Labute approximate surface area is 109 Å². The van der Waals surface area contributed by atoms with Crippen LogP contribution < -0.4 is 10.6 Å². The standard InChI is InChI=1S/C13H15FN2O3/c1-7(8-2-3-8)15-13(19)16-11-6-9(14)4-5-10(11)12(17)18/h4-8H,2-3H2,1H3,(H,17,18)(H2,15,16,19). The van der Waals surface area contributed by atoms with E-state index >= 15 is 0 Å². The van der Waals surface area contributed by atoms with E-state index in [1.807, 2.05) is 6.92 Å². The van der Waals surface area contributed by atoms with E-state index < -0.39 is 17.8 Å². The summed E-state index contributed by atoms with van der Waals surface area (Å²) in [6, 6.07) is 2.66. The number of carboxylic acids is 1. The Morgan fingerprint density at radius 1 is 1.42 bits per heavy atom. The zero-order valence-electron chi connectivity index (χ0n) is 10.4. The highest BCUT2D eigenvalue weighted by atomic mass is 19.1. The predicted octanol–water partition coefficient (Wildman–Crippen LogP) is 2.44. The van der Waals surface area contributed by atoms with E-state index in [0.717, 1.165) is 31.0 Å². The molecule has 3 N–H and O–H groups in total. The Balaban J connectivity index is 2.06. The van der Waals surface area contributed by atoms with Crippen molar-refractivity contribution in [3.63, 3.8) is 0 Å². The van der Waals surface area contributed by atoms with E-state index in [1.54, 1.807) is 0 Å². The van der Waals surface area contributed by atoms with Crippen LogP contribution in [0, 0.1) is 11.7 Å². The minimum atomic E-state index is -1.22. The molecule has 0 aromatic heterocycles. The van der Waals surface area contributed by atoms with Crippen LogP contribution in [0.5, 0.6) is 0 Å². The van der Waals surface area contributed by atoms with Crippen LogP contribution in [-0.4, -0.2) is 23.1 Å². The van der Waals surface area contributed by atoms with Crippen LogP contribution in [0.15, 0.2) is 18.2 Å². The molecule has 2 rings (SSSR count). The quantitative estimate of drug-likeness (QED) is 0.783. The van der Waals surface area contributed by atoms with Gasteiger partial charge in [0, 0.05) is 6.04 Å². The molecule has 0 heterocycles. The van der Waals surface area contributed by atoms with Crippen molar-refractivity contribution in [1.29, 1.82) is 0 Å². The van der Waals surface area contributed by atoms with Crippen molar-refractivity contribution >= 4 is 17.7 Å². The van der Waals surface area contributed by atoms with Gasteiger partial charge in [-0.05, 0) is 43.9 Å². The van der Waals surface area contributed by atoms with E-state index in [4.69, 9.17) is 5.11 Å². The topological polar surface area (TPSA) is 78.4 Å². The molecule has 0 saturated heterocycles. The first-order valence-electron chi connectivity index (χ1n) is 6.07. The number of amides is 2. The number of rotatable bonds is 4. The van der Waals surface area contributed by atoms with Gasteiger partial charge in [0.2, 0.25) is 0 Å². The smallest absolute Gasteiger partial charge is 0.337 e. The van der Waals surface area contributed by atoms with Gasteiger partial charge in [0.1, 0.15) is 5.82 Å². The van der Waals surface area contributed by atoms with Crippen LogP contribution >= 0.6 is 0 Å². The maximum Gasteiger partial charge on any atom is 0.337 e. The third kappa shape index (κ3) is 3.43. The van der Waals surface area contributed by atoms with Crippen LogP contribution in [0.4, 0.5) is 14.9 Å². The molecule has 1 aromatic carbocycles. The van der Waals surface area contributed by atoms with E-state index in [-0.39, 0.29) is 17.3 Å². The number of aromatic carboxylic acids is 1. The van der Waals surface area contributed by atoms with E-state index in [9.17, 15) is 14.0 Å². The van der Waals surface area contributed by atoms with Crippen LogP contribution in [-0.2, 0) is 0 Å². The van der Waals surface area contributed by atoms with E-state index in [1.165, 1.54) is 0 Å². The highest BCUT2D eigenvalue weighted by Crippen LogP contribution is 2.32. The summed E-state index contributed by atoms with van der Waals surface area (Å²) in [4.78, 5) is 22.7. The molecule has 5 nitrogen and oxygen atoms in total. The number of nitrogens with one attached hydrogen (secondary N) is 2. The Morgan fingerprint density at radius 3 is 2.68 bits per heavy atom. The fraction of sp³-hybridized carbons (Fsp3) is 0.385. The molecule has 1 atom stereocenters. The van der Waals surface area contributed by atoms with Gasteiger partial charge < -0.3 is 15.7 Å². The second kappa shape index (κ2) is 5.26. The second-order valence-electron chi connectivity index (χ2n) is 4.72. The number of benzene rings is 1. The van der Waals surface area contributed by atoms with Crippen molar-refractivity contribution in [2.75, 3.05) is 5.32 Å². The zero-order valence-corrected chi connectivity index (χ0v) is 10.4. The zero-order chi connectivity index (χ0) is 14.0. The first-order chi connectivity index (χ1) is 8.97. The van der Waals surface area contributed by atoms with Crippen molar-refractivity contribution in [1.82, 2.24) is 5.32 Å². The molecule has 1 unspecified atom stereocenters. The number of carboxylic acid groups (broad SMARTS) is 1. The maximum atomic E-state index is 13.1. The molecule has 1 saturated carbocycles. The number of carbonyl (C=O) groups excluding carboxylic acids is 1. The van der Waals surface area contributed by atoms with Gasteiger partial charge in [-0.2, -0.15) is 0 Å². The molecule has 0 radical (unpaired) electrons. The fourth-order valence-corrected chi connectivity index (χ4v) is 1.89. The lowest BCUT2D eigenvalue weighted by molar-refractivity contribution is 0.0698. The fourth-order valence-electron chi connectivity index (χ4n) is 1.89. The number of hydrogen-bond acceptors (Lipinski definition) is 2. The first-order valence-corrected chi connectivity index (χ1v) is 6.07. The average Bonchev–Trinajstić information content (AvgIpc) is 3.11. The van der Waals surface area contributed by atoms with Crippen LogP contribution in [0.25, 0.3) is 0 Å². The van der Waals surface area contributed by atoms with Crippen molar-refractivity contribution in [3.05, 3.63) is 29.6 Å². The molecule has 1 aromatic rings. The lowest BCUT2D eigenvalue weighted by Gasteiger charge is -2.14. The second-order valence-corrected chi connectivity index (χ2v) is 4.72. The molecule has 1 aliphatic carbocycles. The van der Waals surface area contributed by atoms with Crippen molar-refractivity contribution in [2.24, 2.45) is 5.92 Å². The SMILES string of the molecule is CC(NC(=O)Nc1cc(F)ccc1C(=O)O)C1CC1. The summed E-state index contributed by atoms with van der Waals surface area (Å²) in [5.74, 6) is -1.33. The molecule has 1 fully saturated rings. The summed E-state index contributed by atoms with van der Waals surface area (Å²) in [5.41, 5.74) is -0.191. The summed E-state index contributed by atoms with van der Waals surface area (Å²) < 4.78 is 13.1. The van der Waals surface area contributed by atoms with E-state index in [0.29, 0.717) is 5.92 Å². The molecular weight excluding hydrogens is 251 g/mol. The van der Waals surface area contributed by atoms with E-state index in [2.05, 4.69) is 10.6 Å². The Bertz CT molecular complexity index is 515. The number of anilines is 1. The third-order valence-corrected chi connectivity index (χ3v) is 3.15. The summed E-state index contributed by atoms with van der Waals surface area (Å²) in [5, 5.41) is 14.0. The number of halogens is 1. The molecule has 102 valence electrons. The number of urea groups is 1. The normalized spacial score (nSPS) is 15.7. The highest BCUT2D eigenvalue weighted by molar-refractivity contribution is 6.00. The molecule has 6 heteroatoms. The summed E-state index contributed by atoms with van der Waals surface area (Å²) in [7, 11) is 0. The minimum Gasteiger partial charge on any atom is -0.478 e. The molecule has 0 bridgehead atoms. The number of hydrogen-bond donors (Lipinski definition) is 3. The molecule has 19 heavy (non-hydrogen) atoms. The Morgan fingerprint density at radius 2 is 2.11 bits per heavy atom. The van der Waals surface area contributed by atoms with Gasteiger partial charge in [-0.1, -0.05) is 0 Å². The van der Waals surface area contributed by atoms with Gasteiger partial charge >= 0.3 is 12.0 Å². The van der Waals surface area contributed by atoms with Crippen LogP contribution in [0.2, 0.25) is 0 Å². The van der Waals surface area contributed by atoms with Crippen molar-refractivity contribution in [2.45, 2.75) is 25.8 Å². The monoisotopic (exact) mass is 266 g/mol. The maximum absolute atomic E-state index is 13.1. The Kier molecular flexibility index (Phi) is 3.69. The molecular formula is C13H15FN2O3.